The molecule has 0 aliphatic heterocycles. The quantitative estimate of drug-likeness (QED) is 0.739. The summed E-state index contributed by atoms with van der Waals surface area (Å²) in [4.78, 5) is 4.43. The molecule has 0 unspecified atom stereocenters. The van der Waals surface area contributed by atoms with E-state index in [1.807, 2.05) is 24.3 Å². The molecule has 1 aliphatic rings. The summed E-state index contributed by atoms with van der Waals surface area (Å²) >= 11 is 0. The molecule has 4 N–H and O–H groups in total. The summed E-state index contributed by atoms with van der Waals surface area (Å²) < 4.78 is 0. The molecule has 0 radical (unpaired) electrons. The van der Waals surface area contributed by atoms with Crippen molar-refractivity contribution in [3.63, 3.8) is 0 Å². The second-order valence-corrected chi connectivity index (χ2v) is 5.37. The van der Waals surface area contributed by atoms with Gasteiger partial charge in [0.1, 0.15) is 0 Å². The van der Waals surface area contributed by atoms with Crippen LogP contribution < -0.4 is 11.1 Å². The predicted octanol–water partition coefficient (Wildman–Crippen LogP) is 2.53. The number of aliphatic hydroxyl groups excluding tert-OH is 1. The van der Waals surface area contributed by atoms with Crippen LogP contribution in [0, 0.1) is 0 Å². The van der Waals surface area contributed by atoms with Crippen LogP contribution in [-0.2, 0) is 0 Å². The number of nitrogens with zero attached hydrogens (tertiary/aromatic N) is 1. The zero-order valence-electron chi connectivity index (χ0n) is 10.9. The van der Waals surface area contributed by atoms with Gasteiger partial charge >= 0.3 is 0 Å². The van der Waals surface area contributed by atoms with E-state index in [2.05, 4.69) is 10.3 Å². The first-order valence-electron chi connectivity index (χ1n) is 6.76. The van der Waals surface area contributed by atoms with E-state index >= 15 is 0 Å². The van der Waals surface area contributed by atoms with Crippen LogP contribution in [0.1, 0.15) is 25.7 Å². The predicted molar refractivity (Wildman–Crippen MR) is 78.1 cm³/mol. The highest BCUT2D eigenvalue weighted by Crippen LogP contribution is 2.35. The number of nitrogens with one attached hydrogen (secondary N) is 1. The van der Waals surface area contributed by atoms with Crippen molar-refractivity contribution in [3.05, 3.63) is 30.5 Å². The van der Waals surface area contributed by atoms with Crippen molar-refractivity contribution in [1.82, 2.24) is 4.98 Å². The molecule has 4 nitrogen and oxygen atoms in total. The van der Waals surface area contributed by atoms with Gasteiger partial charge in [-0.3, -0.25) is 4.98 Å². The average molecular weight is 257 g/mol. The van der Waals surface area contributed by atoms with E-state index in [1.54, 1.807) is 6.20 Å². The van der Waals surface area contributed by atoms with Crippen LogP contribution in [0.5, 0.6) is 0 Å². The number of fused-ring (bicyclic) bond motifs is 1. The van der Waals surface area contributed by atoms with Gasteiger partial charge in [0.2, 0.25) is 0 Å². The number of aliphatic hydroxyl groups is 1. The Bertz CT molecular complexity index is 591. The summed E-state index contributed by atoms with van der Waals surface area (Å²) in [5.41, 5.74) is 8.36. The number of hydrogen-bond donors (Lipinski definition) is 3. The number of rotatable bonds is 3. The molecular formula is C15H19N3O. The highest BCUT2D eigenvalue weighted by Gasteiger charge is 2.33. The summed E-state index contributed by atoms with van der Waals surface area (Å²) in [7, 11) is 0. The van der Waals surface area contributed by atoms with Gasteiger partial charge in [0.15, 0.2) is 0 Å². The average Bonchev–Trinajstić information content (AvgIpc) is 2.92. The number of nitrogens with two attached hydrogens (primary N) is 1. The first-order valence-corrected chi connectivity index (χ1v) is 6.76. The summed E-state index contributed by atoms with van der Waals surface area (Å²) in [6.07, 6.45) is 6.10. The molecule has 0 spiro atoms. The number of anilines is 2. The van der Waals surface area contributed by atoms with E-state index in [1.165, 1.54) is 0 Å². The van der Waals surface area contributed by atoms with Crippen LogP contribution in [0.15, 0.2) is 30.5 Å². The molecule has 1 aromatic heterocycles. The lowest BCUT2D eigenvalue weighted by atomic mass is 9.98. The minimum atomic E-state index is -0.194. The molecule has 1 aromatic carbocycles. The Labute approximate surface area is 112 Å². The van der Waals surface area contributed by atoms with Gasteiger partial charge in [-0.15, -0.1) is 0 Å². The van der Waals surface area contributed by atoms with Crippen molar-refractivity contribution < 1.29 is 5.11 Å². The molecule has 0 atom stereocenters. The van der Waals surface area contributed by atoms with Crippen LogP contribution in [0.2, 0.25) is 0 Å². The van der Waals surface area contributed by atoms with Crippen LogP contribution in [0.3, 0.4) is 0 Å². The van der Waals surface area contributed by atoms with Gasteiger partial charge in [-0.2, -0.15) is 0 Å². The van der Waals surface area contributed by atoms with Crippen molar-refractivity contribution in [1.29, 1.82) is 0 Å². The first-order chi connectivity index (χ1) is 9.24. The smallest absolute Gasteiger partial charge is 0.0954 e. The molecule has 19 heavy (non-hydrogen) atoms. The lowest BCUT2D eigenvalue weighted by molar-refractivity contribution is 0.214. The Morgan fingerprint density at radius 1 is 1.26 bits per heavy atom. The Kier molecular flexibility index (Phi) is 3.03. The maximum atomic E-state index is 9.70. The third-order valence-corrected chi connectivity index (χ3v) is 4.07. The number of benzene rings is 1. The molecule has 0 bridgehead atoms. The van der Waals surface area contributed by atoms with Crippen molar-refractivity contribution in [2.24, 2.45) is 0 Å². The fraction of sp³-hybridized carbons (Fsp3) is 0.400. The molecule has 3 rings (SSSR count). The minimum Gasteiger partial charge on any atom is -0.398 e. The first kappa shape index (κ1) is 12.2. The third kappa shape index (κ3) is 2.12. The SMILES string of the molecule is Nc1ccc(NC2(CO)CCCC2)c2ncccc12. The molecular weight excluding hydrogens is 238 g/mol. The molecule has 1 fully saturated rings. The molecule has 4 heteroatoms. The van der Waals surface area contributed by atoms with Crippen LogP contribution >= 0.6 is 0 Å². The van der Waals surface area contributed by atoms with Crippen LogP contribution in [-0.4, -0.2) is 22.2 Å². The normalized spacial score (nSPS) is 17.7. The molecule has 100 valence electrons. The van der Waals surface area contributed by atoms with Crippen molar-refractivity contribution in [2.75, 3.05) is 17.7 Å². The number of aromatic nitrogens is 1. The number of nitrogen functional groups attached to an aromatic ring is 1. The highest BCUT2D eigenvalue weighted by atomic mass is 16.3. The fourth-order valence-electron chi connectivity index (χ4n) is 2.96. The maximum absolute atomic E-state index is 9.70. The van der Waals surface area contributed by atoms with Gasteiger partial charge in [-0.25, -0.2) is 0 Å². The van der Waals surface area contributed by atoms with E-state index in [0.717, 1.165) is 48.0 Å². The molecule has 0 amide bonds. The van der Waals surface area contributed by atoms with Gasteiger partial charge in [-0.1, -0.05) is 12.8 Å². The highest BCUT2D eigenvalue weighted by molar-refractivity contribution is 5.98. The summed E-state index contributed by atoms with van der Waals surface area (Å²) in [6.45, 7) is 0.158. The van der Waals surface area contributed by atoms with Crippen LogP contribution in [0.4, 0.5) is 11.4 Å². The van der Waals surface area contributed by atoms with E-state index in [-0.39, 0.29) is 12.1 Å². The fourth-order valence-corrected chi connectivity index (χ4v) is 2.96. The van der Waals surface area contributed by atoms with Crippen molar-refractivity contribution in [2.45, 2.75) is 31.2 Å². The Morgan fingerprint density at radius 3 is 2.79 bits per heavy atom. The topological polar surface area (TPSA) is 71.2 Å². The minimum absolute atomic E-state index is 0.158. The number of hydrogen-bond acceptors (Lipinski definition) is 4. The van der Waals surface area contributed by atoms with Crippen molar-refractivity contribution in [3.8, 4) is 0 Å². The Balaban J connectivity index is 2.03. The van der Waals surface area contributed by atoms with Crippen molar-refractivity contribution >= 4 is 22.3 Å². The van der Waals surface area contributed by atoms with Gasteiger partial charge in [-0.05, 0) is 37.1 Å². The second kappa shape index (κ2) is 4.70. The van der Waals surface area contributed by atoms with Gasteiger partial charge in [0.05, 0.1) is 23.3 Å². The van der Waals surface area contributed by atoms with Crippen LogP contribution in [0.25, 0.3) is 10.9 Å². The zero-order valence-corrected chi connectivity index (χ0v) is 10.9. The molecule has 1 aliphatic carbocycles. The van der Waals surface area contributed by atoms with E-state index in [9.17, 15) is 5.11 Å². The second-order valence-electron chi connectivity index (χ2n) is 5.37. The summed E-state index contributed by atoms with van der Waals surface area (Å²) in [5.74, 6) is 0. The summed E-state index contributed by atoms with van der Waals surface area (Å²) in [6, 6.07) is 7.72. The monoisotopic (exact) mass is 257 g/mol. The lowest BCUT2D eigenvalue weighted by Gasteiger charge is -2.29. The molecule has 1 heterocycles. The van der Waals surface area contributed by atoms with Gasteiger partial charge < -0.3 is 16.2 Å². The largest absolute Gasteiger partial charge is 0.398 e. The van der Waals surface area contributed by atoms with Gasteiger partial charge in [0, 0.05) is 17.3 Å². The summed E-state index contributed by atoms with van der Waals surface area (Å²) in [5, 5.41) is 14.2. The van der Waals surface area contributed by atoms with E-state index < -0.39 is 0 Å². The zero-order chi connectivity index (χ0) is 13.3. The standard InChI is InChI=1S/C15H19N3O/c16-12-5-6-13(14-11(12)4-3-9-17-14)18-15(10-19)7-1-2-8-15/h3-6,9,18-19H,1-2,7-8,10,16H2. The lowest BCUT2D eigenvalue weighted by Crippen LogP contribution is -2.39. The molecule has 0 saturated heterocycles. The third-order valence-electron chi connectivity index (χ3n) is 4.07. The number of pyridine rings is 1. The Morgan fingerprint density at radius 2 is 2.05 bits per heavy atom. The molecule has 2 aromatic rings. The molecule has 1 saturated carbocycles. The Hall–Kier alpha value is -1.81. The van der Waals surface area contributed by atoms with E-state index in [0.29, 0.717) is 0 Å². The van der Waals surface area contributed by atoms with Gasteiger partial charge in [0.25, 0.3) is 0 Å². The van der Waals surface area contributed by atoms with E-state index in [4.69, 9.17) is 5.73 Å². The maximum Gasteiger partial charge on any atom is 0.0954 e.